The molecule has 0 aliphatic carbocycles. The minimum absolute atomic E-state index is 0. The first kappa shape index (κ1) is 25.2. The lowest BCUT2D eigenvalue weighted by Gasteiger charge is -2.17. The maximum absolute atomic E-state index is 13.5. The predicted octanol–water partition coefficient (Wildman–Crippen LogP) is 4.27. The van der Waals surface area contributed by atoms with E-state index in [0.717, 1.165) is 36.3 Å². The van der Waals surface area contributed by atoms with Crippen molar-refractivity contribution in [2.45, 2.75) is 45.9 Å². The minimum atomic E-state index is -0.645. The molecule has 0 amide bonds. The maximum Gasteiger partial charge on any atom is 0.191 e. The SMILES string of the molecule is CCNC(=NCc1ccc(O)c(F)c1)NCc1ccc(C)cc1OCC1CCCO1.I. The van der Waals surface area contributed by atoms with Crippen LogP contribution >= 0.6 is 24.0 Å². The highest BCUT2D eigenvalue weighted by Crippen LogP contribution is 2.22. The first-order valence-electron chi connectivity index (χ1n) is 10.4. The molecule has 1 aliphatic heterocycles. The van der Waals surface area contributed by atoms with E-state index in [4.69, 9.17) is 9.47 Å². The van der Waals surface area contributed by atoms with Crippen LogP contribution in [0.15, 0.2) is 41.4 Å². The Morgan fingerprint density at radius 2 is 2.10 bits per heavy atom. The summed E-state index contributed by atoms with van der Waals surface area (Å²) in [6.45, 7) is 6.92. The average Bonchev–Trinajstić information content (AvgIpc) is 3.25. The minimum Gasteiger partial charge on any atom is -0.505 e. The number of aryl methyl sites for hydroxylation is 1. The van der Waals surface area contributed by atoms with Crippen molar-refractivity contribution in [2.24, 2.45) is 4.99 Å². The Kier molecular flexibility index (Phi) is 10.3. The number of nitrogens with zero attached hydrogens (tertiary/aromatic N) is 1. The Morgan fingerprint density at radius 3 is 2.81 bits per heavy atom. The van der Waals surface area contributed by atoms with Crippen molar-refractivity contribution in [3.05, 3.63) is 58.9 Å². The molecule has 1 fully saturated rings. The van der Waals surface area contributed by atoms with Crippen LogP contribution in [0, 0.1) is 12.7 Å². The molecular weight excluding hydrogens is 512 g/mol. The number of phenolic OH excluding ortho intramolecular Hbond substituents is 1. The molecule has 6 nitrogen and oxygen atoms in total. The molecule has 0 aromatic heterocycles. The lowest BCUT2D eigenvalue weighted by atomic mass is 10.1. The quantitative estimate of drug-likeness (QED) is 0.264. The zero-order chi connectivity index (χ0) is 21.3. The van der Waals surface area contributed by atoms with Gasteiger partial charge in [-0.15, -0.1) is 24.0 Å². The lowest BCUT2D eigenvalue weighted by molar-refractivity contribution is 0.0676. The van der Waals surface area contributed by atoms with E-state index in [0.29, 0.717) is 37.8 Å². The summed E-state index contributed by atoms with van der Waals surface area (Å²) in [7, 11) is 0. The van der Waals surface area contributed by atoms with E-state index in [2.05, 4.69) is 21.7 Å². The number of guanidine groups is 1. The van der Waals surface area contributed by atoms with E-state index in [9.17, 15) is 9.50 Å². The zero-order valence-corrected chi connectivity index (χ0v) is 20.3. The molecule has 2 aromatic rings. The summed E-state index contributed by atoms with van der Waals surface area (Å²) < 4.78 is 25.2. The normalized spacial score (nSPS) is 16.0. The first-order valence-corrected chi connectivity index (χ1v) is 10.4. The third-order valence-corrected chi connectivity index (χ3v) is 4.89. The second-order valence-corrected chi connectivity index (χ2v) is 7.39. The van der Waals surface area contributed by atoms with Gasteiger partial charge in [-0.05, 0) is 56.0 Å². The number of hydrogen-bond donors (Lipinski definition) is 3. The van der Waals surface area contributed by atoms with Gasteiger partial charge in [0.25, 0.3) is 0 Å². The molecule has 0 saturated carbocycles. The van der Waals surface area contributed by atoms with Crippen molar-refractivity contribution in [2.75, 3.05) is 19.8 Å². The van der Waals surface area contributed by atoms with Crippen LogP contribution in [-0.4, -0.2) is 36.9 Å². The number of rotatable bonds is 8. The van der Waals surface area contributed by atoms with E-state index in [1.54, 1.807) is 6.07 Å². The lowest BCUT2D eigenvalue weighted by Crippen LogP contribution is -2.36. The first-order chi connectivity index (χ1) is 14.5. The fourth-order valence-electron chi connectivity index (χ4n) is 3.24. The van der Waals surface area contributed by atoms with Crippen molar-refractivity contribution >= 4 is 29.9 Å². The smallest absolute Gasteiger partial charge is 0.191 e. The number of halogens is 2. The molecular formula is C23H31FIN3O3. The van der Waals surface area contributed by atoms with Crippen molar-refractivity contribution in [1.29, 1.82) is 0 Å². The van der Waals surface area contributed by atoms with Crippen LogP contribution in [0.4, 0.5) is 4.39 Å². The molecule has 1 heterocycles. The molecule has 0 bridgehead atoms. The van der Waals surface area contributed by atoms with E-state index in [1.807, 2.05) is 26.0 Å². The monoisotopic (exact) mass is 543 g/mol. The van der Waals surface area contributed by atoms with E-state index in [1.165, 1.54) is 12.1 Å². The van der Waals surface area contributed by atoms with Crippen LogP contribution in [-0.2, 0) is 17.8 Å². The number of nitrogens with one attached hydrogen (secondary N) is 2. The third kappa shape index (κ3) is 7.84. The molecule has 0 radical (unpaired) electrons. The number of aliphatic imine (C=N–C) groups is 1. The molecule has 31 heavy (non-hydrogen) atoms. The van der Waals surface area contributed by atoms with Gasteiger partial charge < -0.3 is 25.2 Å². The highest BCUT2D eigenvalue weighted by Gasteiger charge is 2.17. The van der Waals surface area contributed by atoms with Crippen LogP contribution in [0.3, 0.4) is 0 Å². The summed E-state index contributed by atoms with van der Waals surface area (Å²) in [5.41, 5.74) is 2.84. The third-order valence-electron chi connectivity index (χ3n) is 4.89. The second-order valence-electron chi connectivity index (χ2n) is 7.39. The number of ether oxygens (including phenoxy) is 2. The Balaban J connectivity index is 0.00000341. The summed E-state index contributed by atoms with van der Waals surface area (Å²) in [4.78, 5) is 4.51. The predicted molar refractivity (Wildman–Crippen MR) is 131 cm³/mol. The van der Waals surface area contributed by atoms with Crippen molar-refractivity contribution in [3.63, 3.8) is 0 Å². The van der Waals surface area contributed by atoms with Gasteiger partial charge in [-0.1, -0.05) is 18.2 Å². The number of hydrogen-bond acceptors (Lipinski definition) is 4. The van der Waals surface area contributed by atoms with Gasteiger partial charge in [0.1, 0.15) is 12.4 Å². The molecule has 0 spiro atoms. The fourth-order valence-corrected chi connectivity index (χ4v) is 3.24. The molecule has 1 aliphatic rings. The highest BCUT2D eigenvalue weighted by molar-refractivity contribution is 14.0. The molecule has 1 atom stereocenters. The van der Waals surface area contributed by atoms with Crippen LogP contribution in [0.1, 0.15) is 36.5 Å². The summed E-state index contributed by atoms with van der Waals surface area (Å²) in [6, 6.07) is 10.4. The fraction of sp³-hybridized carbons (Fsp3) is 0.435. The van der Waals surface area contributed by atoms with Gasteiger partial charge >= 0.3 is 0 Å². The van der Waals surface area contributed by atoms with Crippen LogP contribution < -0.4 is 15.4 Å². The van der Waals surface area contributed by atoms with Gasteiger partial charge in [0.05, 0.1) is 12.6 Å². The van der Waals surface area contributed by atoms with Crippen molar-refractivity contribution in [1.82, 2.24) is 10.6 Å². The summed E-state index contributed by atoms with van der Waals surface area (Å²) in [5.74, 6) is 0.460. The number of benzene rings is 2. The van der Waals surface area contributed by atoms with Gasteiger partial charge in [0.2, 0.25) is 0 Å². The molecule has 3 N–H and O–H groups in total. The number of aromatic hydroxyl groups is 1. The molecule has 8 heteroatoms. The zero-order valence-electron chi connectivity index (χ0n) is 18.0. The van der Waals surface area contributed by atoms with Gasteiger partial charge in [-0.2, -0.15) is 0 Å². The molecule has 1 saturated heterocycles. The largest absolute Gasteiger partial charge is 0.505 e. The summed E-state index contributed by atoms with van der Waals surface area (Å²) >= 11 is 0. The maximum atomic E-state index is 13.5. The standard InChI is InChI=1S/C23H30FN3O3.HI/c1-3-25-23(26-13-17-7-9-21(28)20(24)12-17)27-14-18-8-6-16(2)11-22(18)30-15-19-5-4-10-29-19;/h6-9,11-12,19,28H,3-5,10,13-15H2,1-2H3,(H2,25,26,27);1H. The van der Waals surface area contributed by atoms with Crippen LogP contribution in [0.5, 0.6) is 11.5 Å². The Labute approximate surface area is 200 Å². The Morgan fingerprint density at radius 1 is 1.26 bits per heavy atom. The average molecular weight is 543 g/mol. The van der Waals surface area contributed by atoms with Crippen LogP contribution in [0.2, 0.25) is 0 Å². The topological polar surface area (TPSA) is 75.1 Å². The van der Waals surface area contributed by atoms with Gasteiger partial charge in [0.15, 0.2) is 17.5 Å². The molecule has 1 unspecified atom stereocenters. The van der Waals surface area contributed by atoms with E-state index >= 15 is 0 Å². The van der Waals surface area contributed by atoms with Crippen LogP contribution in [0.25, 0.3) is 0 Å². The molecule has 170 valence electrons. The molecule has 2 aromatic carbocycles. The van der Waals surface area contributed by atoms with Gasteiger partial charge in [-0.3, -0.25) is 0 Å². The van der Waals surface area contributed by atoms with E-state index in [-0.39, 0.29) is 35.8 Å². The summed E-state index contributed by atoms with van der Waals surface area (Å²) in [6.07, 6.45) is 2.29. The van der Waals surface area contributed by atoms with Crippen molar-refractivity contribution < 1.29 is 19.0 Å². The highest BCUT2D eigenvalue weighted by atomic mass is 127. The Hall–Kier alpha value is -2.07. The number of phenols is 1. The van der Waals surface area contributed by atoms with Crippen molar-refractivity contribution in [3.8, 4) is 11.5 Å². The second kappa shape index (κ2) is 12.7. The van der Waals surface area contributed by atoms with Gasteiger partial charge in [0, 0.05) is 25.3 Å². The van der Waals surface area contributed by atoms with E-state index < -0.39 is 5.82 Å². The Bertz CT molecular complexity index is 873. The van der Waals surface area contributed by atoms with Gasteiger partial charge in [-0.25, -0.2) is 9.38 Å². The summed E-state index contributed by atoms with van der Waals surface area (Å²) in [5, 5.41) is 15.8. The molecule has 3 rings (SSSR count).